The summed E-state index contributed by atoms with van der Waals surface area (Å²) >= 11 is 0. The third-order valence-corrected chi connectivity index (χ3v) is 5.58. The molecule has 0 spiro atoms. The topological polar surface area (TPSA) is 49.8 Å². The van der Waals surface area contributed by atoms with Gasteiger partial charge >= 0.3 is 0 Å². The predicted octanol–water partition coefficient (Wildman–Crippen LogP) is 5.64. The molecule has 3 rings (SSSR count). The predicted molar refractivity (Wildman–Crippen MR) is 116 cm³/mol. The Labute approximate surface area is 173 Å². The summed E-state index contributed by atoms with van der Waals surface area (Å²) in [6.45, 7) is 2.31. The summed E-state index contributed by atoms with van der Waals surface area (Å²) < 4.78 is 5.92. The molecule has 1 atom stereocenters. The molecule has 0 heterocycles. The van der Waals surface area contributed by atoms with E-state index in [0.717, 1.165) is 35.6 Å². The molecule has 1 amide bonds. The Morgan fingerprint density at radius 2 is 1.79 bits per heavy atom. The van der Waals surface area contributed by atoms with Crippen molar-refractivity contribution in [1.82, 2.24) is 5.06 Å². The van der Waals surface area contributed by atoms with E-state index in [-0.39, 0.29) is 12.6 Å². The molecule has 0 radical (unpaired) electrons. The molecule has 2 aromatic rings. The first-order valence-electron chi connectivity index (χ1n) is 10.6. The van der Waals surface area contributed by atoms with E-state index in [1.807, 2.05) is 61.5 Å². The van der Waals surface area contributed by atoms with Gasteiger partial charge in [-0.3, -0.25) is 10.0 Å². The van der Waals surface area contributed by atoms with E-state index in [2.05, 4.69) is 0 Å². The largest absolute Gasteiger partial charge is 0.491 e. The summed E-state index contributed by atoms with van der Waals surface area (Å²) in [4.78, 5) is 12.6. The maximum atomic E-state index is 12.6. The minimum Gasteiger partial charge on any atom is -0.491 e. The number of rotatable bonds is 8. The number of benzene rings is 2. The lowest BCUT2D eigenvalue weighted by atomic mass is 9.85. The van der Waals surface area contributed by atoms with Crippen molar-refractivity contribution >= 4 is 12.0 Å². The lowest BCUT2D eigenvalue weighted by molar-refractivity contribution is -0.174. The highest BCUT2D eigenvalue weighted by atomic mass is 16.5. The smallest absolute Gasteiger partial charge is 0.270 e. The average molecular weight is 394 g/mol. The molecule has 0 unspecified atom stereocenters. The molecule has 0 aromatic heterocycles. The molecular weight excluding hydrogens is 362 g/mol. The van der Waals surface area contributed by atoms with Crippen molar-refractivity contribution in [2.45, 2.75) is 51.5 Å². The first kappa shape index (κ1) is 21.1. The van der Waals surface area contributed by atoms with Gasteiger partial charge < -0.3 is 4.74 Å². The van der Waals surface area contributed by atoms with E-state index in [1.165, 1.54) is 30.9 Å². The molecule has 2 aromatic carbocycles. The van der Waals surface area contributed by atoms with Crippen LogP contribution >= 0.6 is 0 Å². The summed E-state index contributed by atoms with van der Waals surface area (Å²) in [5.74, 6) is 0.864. The molecule has 0 bridgehead atoms. The Morgan fingerprint density at radius 3 is 2.48 bits per heavy atom. The third-order valence-electron chi connectivity index (χ3n) is 5.58. The molecule has 0 aliphatic heterocycles. The second kappa shape index (κ2) is 10.8. The molecule has 4 heteroatoms. The molecule has 154 valence electrons. The van der Waals surface area contributed by atoms with Gasteiger partial charge in [0.05, 0.1) is 6.04 Å². The number of hydroxylamine groups is 2. The van der Waals surface area contributed by atoms with Crippen molar-refractivity contribution in [3.05, 3.63) is 71.8 Å². The zero-order valence-electron chi connectivity index (χ0n) is 17.2. The highest BCUT2D eigenvalue weighted by Crippen LogP contribution is 2.29. The number of nitrogens with zero attached hydrogens (tertiary/aromatic N) is 1. The van der Waals surface area contributed by atoms with Gasteiger partial charge in [0.1, 0.15) is 12.4 Å². The molecule has 1 fully saturated rings. The first-order valence-corrected chi connectivity index (χ1v) is 10.6. The Bertz CT molecular complexity index is 779. The van der Waals surface area contributed by atoms with Crippen molar-refractivity contribution in [3.8, 4) is 5.75 Å². The third kappa shape index (κ3) is 6.75. The SMILES string of the molecule is Cc1ccc(OC[C@H](CC2CCCCC2)N(O)C(=O)/C=C/c2ccccc2)cc1. The van der Waals surface area contributed by atoms with Crippen LogP contribution in [0.2, 0.25) is 0 Å². The standard InChI is InChI=1S/C25H31NO3/c1-20-12-15-24(16-13-20)29-19-23(18-22-10-6-3-7-11-22)26(28)25(27)17-14-21-8-4-2-5-9-21/h2,4-5,8-9,12-17,22-23,28H,3,6-7,10-11,18-19H2,1H3/b17-14+/t23-/m0/s1. The molecule has 1 N–H and O–H groups in total. The summed E-state index contributed by atoms with van der Waals surface area (Å²) in [6, 6.07) is 17.1. The van der Waals surface area contributed by atoms with Crippen molar-refractivity contribution in [1.29, 1.82) is 0 Å². The normalized spacial score (nSPS) is 15.9. The number of ether oxygens (including phenoxy) is 1. The maximum Gasteiger partial charge on any atom is 0.270 e. The Balaban J connectivity index is 1.65. The van der Waals surface area contributed by atoms with Gasteiger partial charge in [-0.25, -0.2) is 5.06 Å². The fourth-order valence-electron chi connectivity index (χ4n) is 3.86. The van der Waals surface area contributed by atoms with Crippen molar-refractivity contribution in [3.63, 3.8) is 0 Å². The van der Waals surface area contributed by atoms with Crippen LogP contribution in [0.4, 0.5) is 0 Å². The van der Waals surface area contributed by atoms with Gasteiger partial charge in [0.25, 0.3) is 5.91 Å². The number of aryl methyl sites for hydroxylation is 1. The minimum atomic E-state index is -0.415. The molecule has 0 saturated heterocycles. The average Bonchev–Trinajstić information content (AvgIpc) is 2.77. The van der Waals surface area contributed by atoms with Crippen LogP contribution in [0.3, 0.4) is 0 Å². The van der Waals surface area contributed by atoms with Crippen LogP contribution in [-0.4, -0.2) is 28.8 Å². The first-order chi connectivity index (χ1) is 14.1. The van der Waals surface area contributed by atoms with Gasteiger partial charge in [-0.2, -0.15) is 0 Å². The van der Waals surface area contributed by atoms with Crippen LogP contribution in [0, 0.1) is 12.8 Å². The molecular formula is C25H31NO3. The Kier molecular flexibility index (Phi) is 7.88. The highest BCUT2D eigenvalue weighted by Gasteiger charge is 2.26. The van der Waals surface area contributed by atoms with Crippen molar-refractivity contribution < 1.29 is 14.7 Å². The van der Waals surface area contributed by atoms with Crippen LogP contribution in [-0.2, 0) is 4.79 Å². The van der Waals surface area contributed by atoms with E-state index in [1.54, 1.807) is 6.08 Å². The Morgan fingerprint density at radius 1 is 1.10 bits per heavy atom. The highest BCUT2D eigenvalue weighted by molar-refractivity contribution is 5.91. The number of carbonyl (C=O) groups is 1. The van der Waals surface area contributed by atoms with Crippen molar-refractivity contribution in [2.24, 2.45) is 5.92 Å². The Hall–Kier alpha value is -2.59. The number of hydrogen-bond donors (Lipinski definition) is 1. The number of amides is 1. The summed E-state index contributed by atoms with van der Waals surface area (Å²) in [5, 5.41) is 11.5. The van der Waals surface area contributed by atoms with Crippen LogP contribution in [0.1, 0.15) is 49.7 Å². The van der Waals surface area contributed by atoms with Gasteiger partial charge in [-0.1, -0.05) is 80.1 Å². The quantitative estimate of drug-likeness (QED) is 0.358. The minimum absolute atomic E-state index is 0.279. The van der Waals surface area contributed by atoms with Gasteiger partial charge in [0, 0.05) is 6.08 Å². The maximum absolute atomic E-state index is 12.6. The summed E-state index contributed by atoms with van der Waals surface area (Å²) in [6.07, 6.45) is 9.95. The van der Waals surface area contributed by atoms with Crippen LogP contribution < -0.4 is 4.74 Å². The summed E-state index contributed by atoms with van der Waals surface area (Å²) in [5.41, 5.74) is 2.09. The van der Waals surface area contributed by atoms with Gasteiger partial charge in [-0.05, 0) is 43.0 Å². The van der Waals surface area contributed by atoms with E-state index in [4.69, 9.17) is 4.74 Å². The van der Waals surface area contributed by atoms with E-state index in [0.29, 0.717) is 5.92 Å². The fraction of sp³-hybridized carbons (Fsp3) is 0.400. The number of carbonyl (C=O) groups excluding carboxylic acids is 1. The summed E-state index contributed by atoms with van der Waals surface area (Å²) in [7, 11) is 0. The second-order valence-electron chi connectivity index (χ2n) is 7.94. The molecule has 29 heavy (non-hydrogen) atoms. The molecule has 1 aliphatic rings. The lowest BCUT2D eigenvalue weighted by Gasteiger charge is -2.30. The molecule has 4 nitrogen and oxygen atoms in total. The van der Waals surface area contributed by atoms with E-state index < -0.39 is 5.91 Å². The van der Waals surface area contributed by atoms with Crippen LogP contribution in [0.5, 0.6) is 5.75 Å². The monoisotopic (exact) mass is 393 g/mol. The zero-order chi connectivity index (χ0) is 20.5. The van der Waals surface area contributed by atoms with Crippen molar-refractivity contribution in [2.75, 3.05) is 6.61 Å². The number of hydrogen-bond acceptors (Lipinski definition) is 3. The van der Waals surface area contributed by atoms with Crippen LogP contribution in [0.15, 0.2) is 60.7 Å². The molecule has 1 saturated carbocycles. The van der Waals surface area contributed by atoms with Gasteiger partial charge in [0.2, 0.25) is 0 Å². The molecule has 1 aliphatic carbocycles. The second-order valence-corrected chi connectivity index (χ2v) is 7.94. The fourth-order valence-corrected chi connectivity index (χ4v) is 3.86. The lowest BCUT2D eigenvalue weighted by Crippen LogP contribution is -2.42. The zero-order valence-corrected chi connectivity index (χ0v) is 17.2. The van der Waals surface area contributed by atoms with Gasteiger partial charge in [0.15, 0.2) is 0 Å². The van der Waals surface area contributed by atoms with E-state index in [9.17, 15) is 10.0 Å². The van der Waals surface area contributed by atoms with Gasteiger partial charge in [-0.15, -0.1) is 0 Å². The van der Waals surface area contributed by atoms with E-state index >= 15 is 0 Å². The van der Waals surface area contributed by atoms with Crippen LogP contribution in [0.25, 0.3) is 6.08 Å².